The van der Waals surface area contributed by atoms with Crippen LogP contribution in [0, 0.1) is 0 Å². The Labute approximate surface area is 167 Å². The van der Waals surface area contributed by atoms with Crippen molar-refractivity contribution in [3.05, 3.63) is 48.0 Å². The van der Waals surface area contributed by atoms with Gasteiger partial charge in [0.1, 0.15) is 0 Å². The molecule has 0 spiro atoms. The number of rotatable bonds is 5. The molecular weight excluding hydrogens is 383 g/mol. The number of nitrogens with one attached hydrogen (secondary N) is 1. The molecule has 0 aromatic heterocycles. The van der Waals surface area contributed by atoms with Gasteiger partial charge in [0.15, 0.2) is 0 Å². The highest BCUT2D eigenvalue weighted by atomic mass is 32.2. The maximum absolute atomic E-state index is 13.3. The maximum Gasteiger partial charge on any atom is 0.416 e. The predicted octanol–water partition coefficient (Wildman–Crippen LogP) is 4.99. The standard InChI is InChI=1S/C21H24F3N3S/c22-21(23,24)16-7-8-20-18(15-16)27(17-5-1-2-6-19(17)28-20)12-4-3-11-26-13-9-25-10-14-26/h1-2,5-8,15,25H,3-4,9-14H2. The van der Waals surface area contributed by atoms with Crippen LogP contribution in [0.1, 0.15) is 18.4 Å². The first-order valence-corrected chi connectivity index (χ1v) is 10.5. The fraction of sp³-hybridized carbons (Fsp3) is 0.429. The molecule has 0 bridgehead atoms. The van der Waals surface area contributed by atoms with E-state index in [1.807, 2.05) is 24.3 Å². The summed E-state index contributed by atoms with van der Waals surface area (Å²) in [4.78, 5) is 6.49. The number of piperazine rings is 1. The van der Waals surface area contributed by atoms with Crippen molar-refractivity contribution in [3.63, 3.8) is 0 Å². The number of alkyl halides is 3. The summed E-state index contributed by atoms with van der Waals surface area (Å²) in [5, 5.41) is 3.35. The van der Waals surface area contributed by atoms with Gasteiger partial charge in [0.05, 0.1) is 16.9 Å². The number of nitrogens with zero attached hydrogens (tertiary/aromatic N) is 2. The molecule has 0 amide bonds. The van der Waals surface area contributed by atoms with Crippen LogP contribution >= 0.6 is 11.8 Å². The summed E-state index contributed by atoms with van der Waals surface area (Å²) in [5.41, 5.74) is 1.08. The van der Waals surface area contributed by atoms with Crippen molar-refractivity contribution in [3.8, 4) is 0 Å². The molecule has 2 aliphatic rings. The molecule has 3 nitrogen and oxygen atoms in total. The Morgan fingerprint density at radius 1 is 0.893 bits per heavy atom. The van der Waals surface area contributed by atoms with Gasteiger partial charge in [0.2, 0.25) is 0 Å². The summed E-state index contributed by atoms with van der Waals surface area (Å²) in [7, 11) is 0. The topological polar surface area (TPSA) is 18.5 Å². The van der Waals surface area contributed by atoms with Gasteiger partial charge < -0.3 is 15.1 Å². The van der Waals surface area contributed by atoms with Gasteiger partial charge in [0.25, 0.3) is 0 Å². The zero-order valence-electron chi connectivity index (χ0n) is 15.6. The second kappa shape index (κ2) is 8.35. The number of hydrogen-bond acceptors (Lipinski definition) is 4. The highest BCUT2D eigenvalue weighted by Gasteiger charge is 2.33. The average molecular weight is 408 g/mol. The van der Waals surface area contributed by atoms with Crippen molar-refractivity contribution in [2.45, 2.75) is 28.8 Å². The lowest BCUT2D eigenvalue weighted by atomic mass is 10.1. The van der Waals surface area contributed by atoms with E-state index >= 15 is 0 Å². The van der Waals surface area contributed by atoms with Gasteiger partial charge in [-0.05, 0) is 49.7 Å². The minimum absolute atomic E-state index is 0.586. The van der Waals surface area contributed by atoms with Crippen molar-refractivity contribution >= 4 is 23.1 Å². The highest BCUT2D eigenvalue weighted by molar-refractivity contribution is 7.99. The molecule has 1 fully saturated rings. The quantitative estimate of drug-likeness (QED) is 0.704. The molecule has 4 rings (SSSR count). The molecule has 2 aromatic rings. The molecule has 0 unspecified atom stereocenters. The van der Waals surface area contributed by atoms with Crippen molar-refractivity contribution in [2.24, 2.45) is 0 Å². The molecule has 0 saturated carbocycles. The Bertz CT molecular complexity index is 819. The molecule has 7 heteroatoms. The molecule has 1 N–H and O–H groups in total. The van der Waals surface area contributed by atoms with E-state index in [0.29, 0.717) is 5.69 Å². The first kappa shape index (κ1) is 19.6. The second-order valence-corrected chi connectivity index (χ2v) is 8.28. The monoisotopic (exact) mass is 407 g/mol. The van der Waals surface area contributed by atoms with Crippen LogP contribution in [-0.2, 0) is 6.18 Å². The van der Waals surface area contributed by atoms with E-state index in [1.54, 1.807) is 17.8 Å². The van der Waals surface area contributed by atoms with Gasteiger partial charge in [0, 0.05) is 42.5 Å². The second-order valence-electron chi connectivity index (χ2n) is 7.20. The number of para-hydroxylation sites is 1. The Morgan fingerprint density at radius 2 is 1.61 bits per heavy atom. The number of benzene rings is 2. The third-order valence-electron chi connectivity index (χ3n) is 5.27. The Hall–Kier alpha value is -1.70. The van der Waals surface area contributed by atoms with Crippen LogP contribution in [0.5, 0.6) is 0 Å². The number of anilines is 2. The maximum atomic E-state index is 13.3. The normalized spacial score (nSPS) is 17.3. The fourth-order valence-corrected chi connectivity index (χ4v) is 4.86. The lowest BCUT2D eigenvalue weighted by molar-refractivity contribution is -0.137. The molecule has 2 aliphatic heterocycles. The summed E-state index contributed by atoms with van der Waals surface area (Å²) in [6, 6.07) is 12.1. The van der Waals surface area contributed by atoms with E-state index in [9.17, 15) is 13.2 Å². The van der Waals surface area contributed by atoms with E-state index < -0.39 is 11.7 Å². The third-order valence-corrected chi connectivity index (χ3v) is 6.40. The summed E-state index contributed by atoms with van der Waals surface area (Å²) in [6.45, 7) is 5.97. The minimum atomic E-state index is -4.33. The highest BCUT2D eigenvalue weighted by Crippen LogP contribution is 2.49. The first-order chi connectivity index (χ1) is 13.5. The largest absolute Gasteiger partial charge is 0.416 e. The van der Waals surface area contributed by atoms with E-state index in [0.717, 1.165) is 67.6 Å². The van der Waals surface area contributed by atoms with Gasteiger partial charge in [-0.25, -0.2) is 0 Å². The SMILES string of the molecule is FC(F)(F)c1ccc2c(c1)N(CCCCN1CCNCC1)c1ccccc1S2. The van der Waals surface area contributed by atoms with Crippen LogP contribution in [-0.4, -0.2) is 44.2 Å². The van der Waals surface area contributed by atoms with E-state index in [1.165, 1.54) is 12.1 Å². The van der Waals surface area contributed by atoms with Crippen LogP contribution in [0.25, 0.3) is 0 Å². The van der Waals surface area contributed by atoms with Gasteiger partial charge in [-0.15, -0.1) is 0 Å². The lowest BCUT2D eigenvalue weighted by Crippen LogP contribution is -2.43. The molecular formula is C21H24F3N3S. The van der Waals surface area contributed by atoms with Crippen molar-refractivity contribution in [1.29, 1.82) is 0 Å². The number of unbranched alkanes of at least 4 members (excludes halogenated alkanes) is 1. The zero-order chi connectivity index (χ0) is 19.6. The number of hydrogen-bond donors (Lipinski definition) is 1. The summed E-state index contributed by atoms with van der Waals surface area (Å²) in [5.74, 6) is 0. The van der Waals surface area contributed by atoms with Crippen molar-refractivity contribution in [2.75, 3.05) is 44.2 Å². The van der Waals surface area contributed by atoms with Crippen molar-refractivity contribution < 1.29 is 13.2 Å². The molecule has 1 saturated heterocycles. The minimum Gasteiger partial charge on any atom is -0.340 e. The summed E-state index contributed by atoms with van der Waals surface area (Å²) < 4.78 is 39.8. The van der Waals surface area contributed by atoms with E-state index in [4.69, 9.17) is 0 Å². The van der Waals surface area contributed by atoms with Crippen LogP contribution in [0.3, 0.4) is 0 Å². The van der Waals surface area contributed by atoms with E-state index in [2.05, 4.69) is 15.1 Å². The molecule has 2 aromatic carbocycles. The predicted molar refractivity (Wildman–Crippen MR) is 108 cm³/mol. The van der Waals surface area contributed by atoms with Crippen molar-refractivity contribution in [1.82, 2.24) is 10.2 Å². The number of halogens is 3. The molecule has 0 atom stereocenters. The fourth-order valence-electron chi connectivity index (χ4n) is 3.79. The molecule has 28 heavy (non-hydrogen) atoms. The van der Waals surface area contributed by atoms with Gasteiger partial charge >= 0.3 is 6.18 Å². The Morgan fingerprint density at radius 3 is 2.39 bits per heavy atom. The Balaban J connectivity index is 1.51. The molecule has 0 radical (unpaired) electrons. The van der Waals surface area contributed by atoms with E-state index in [-0.39, 0.29) is 0 Å². The van der Waals surface area contributed by atoms with Crippen LogP contribution < -0.4 is 10.2 Å². The zero-order valence-corrected chi connectivity index (χ0v) is 16.5. The molecule has 150 valence electrons. The first-order valence-electron chi connectivity index (χ1n) is 9.71. The Kier molecular flexibility index (Phi) is 5.85. The number of fused-ring (bicyclic) bond motifs is 2. The van der Waals surface area contributed by atoms with Gasteiger partial charge in [-0.3, -0.25) is 0 Å². The average Bonchev–Trinajstić information content (AvgIpc) is 2.70. The third kappa shape index (κ3) is 4.31. The van der Waals surface area contributed by atoms with Gasteiger partial charge in [-0.1, -0.05) is 23.9 Å². The lowest BCUT2D eigenvalue weighted by Gasteiger charge is -2.33. The molecule has 2 heterocycles. The van der Waals surface area contributed by atoms with Crippen LogP contribution in [0.15, 0.2) is 52.3 Å². The smallest absolute Gasteiger partial charge is 0.340 e. The van der Waals surface area contributed by atoms with Crippen LogP contribution in [0.4, 0.5) is 24.5 Å². The van der Waals surface area contributed by atoms with Gasteiger partial charge in [-0.2, -0.15) is 13.2 Å². The molecule has 0 aliphatic carbocycles. The summed E-state index contributed by atoms with van der Waals surface area (Å²) in [6.07, 6.45) is -2.34. The van der Waals surface area contributed by atoms with Crippen LogP contribution in [0.2, 0.25) is 0 Å². The summed E-state index contributed by atoms with van der Waals surface area (Å²) >= 11 is 1.54.